The molecule has 3 rings (SSSR count). The van der Waals surface area contributed by atoms with Crippen molar-refractivity contribution in [3.8, 4) is 11.5 Å². The second-order valence-corrected chi connectivity index (χ2v) is 5.83. The van der Waals surface area contributed by atoms with Crippen LogP contribution in [0.25, 0.3) is 6.08 Å². The molecule has 0 bridgehead atoms. The molecule has 1 aliphatic rings. The average molecular weight is 323 g/mol. The number of carbonyl (C=O) groups is 1. The molecule has 0 aromatic heterocycles. The van der Waals surface area contributed by atoms with E-state index in [-0.39, 0.29) is 11.9 Å². The summed E-state index contributed by atoms with van der Waals surface area (Å²) in [7, 11) is 3.23. The number of anilines is 1. The number of para-hydroxylation sites is 1. The summed E-state index contributed by atoms with van der Waals surface area (Å²) < 4.78 is 10.6. The predicted octanol–water partition coefficient (Wildman–Crippen LogP) is 3.69. The van der Waals surface area contributed by atoms with Crippen LogP contribution in [0.15, 0.2) is 48.5 Å². The number of rotatable bonds is 4. The van der Waals surface area contributed by atoms with Crippen molar-refractivity contribution in [2.75, 3.05) is 19.1 Å². The van der Waals surface area contributed by atoms with E-state index in [2.05, 4.69) is 13.0 Å². The Bertz CT molecular complexity index is 782. The Balaban J connectivity index is 1.86. The van der Waals surface area contributed by atoms with Gasteiger partial charge in [-0.1, -0.05) is 18.2 Å². The number of carbonyl (C=O) groups excluding carboxylic acids is 1. The highest BCUT2D eigenvalue weighted by Gasteiger charge is 2.29. The van der Waals surface area contributed by atoms with Gasteiger partial charge in [0.15, 0.2) is 0 Å². The zero-order valence-corrected chi connectivity index (χ0v) is 14.2. The quantitative estimate of drug-likeness (QED) is 0.806. The molecule has 2 aromatic rings. The number of benzene rings is 2. The normalized spacial score (nSPS) is 16.3. The summed E-state index contributed by atoms with van der Waals surface area (Å²) in [6.45, 7) is 2.07. The minimum absolute atomic E-state index is 0.0303. The Kier molecular flexibility index (Phi) is 4.56. The molecule has 1 aliphatic heterocycles. The van der Waals surface area contributed by atoms with Crippen LogP contribution in [0, 0.1) is 0 Å². The predicted molar refractivity (Wildman–Crippen MR) is 95.7 cm³/mol. The van der Waals surface area contributed by atoms with Crippen molar-refractivity contribution in [1.82, 2.24) is 0 Å². The number of hydrogen-bond acceptors (Lipinski definition) is 3. The van der Waals surface area contributed by atoms with E-state index < -0.39 is 0 Å². The van der Waals surface area contributed by atoms with Crippen LogP contribution < -0.4 is 14.4 Å². The number of amides is 1. The summed E-state index contributed by atoms with van der Waals surface area (Å²) in [5.41, 5.74) is 3.02. The third-order valence-corrected chi connectivity index (χ3v) is 4.29. The smallest absolute Gasteiger partial charge is 0.251 e. The van der Waals surface area contributed by atoms with Crippen molar-refractivity contribution in [2.45, 2.75) is 19.4 Å². The highest BCUT2D eigenvalue weighted by molar-refractivity contribution is 6.05. The molecule has 1 amide bonds. The Morgan fingerprint density at radius 1 is 1.17 bits per heavy atom. The number of nitrogens with zero attached hydrogens (tertiary/aromatic N) is 1. The van der Waals surface area contributed by atoms with Crippen molar-refractivity contribution in [1.29, 1.82) is 0 Å². The van der Waals surface area contributed by atoms with Crippen LogP contribution in [-0.2, 0) is 11.2 Å². The first kappa shape index (κ1) is 16.1. The van der Waals surface area contributed by atoms with Crippen LogP contribution in [-0.4, -0.2) is 26.2 Å². The third kappa shape index (κ3) is 3.00. The number of hydrogen-bond donors (Lipinski definition) is 0. The van der Waals surface area contributed by atoms with Gasteiger partial charge in [0.25, 0.3) is 5.91 Å². The van der Waals surface area contributed by atoms with E-state index in [0.29, 0.717) is 5.75 Å². The van der Waals surface area contributed by atoms with Gasteiger partial charge in [0.1, 0.15) is 11.5 Å². The molecular weight excluding hydrogens is 302 g/mol. The molecule has 0 radical (unpaired) electrons. The lowest BCUT2D eigenvalue weighted by molar-refractivity contribution is -0.114. The SMILES string of the molecule is COc1ccc(OC)c(/C=C/C(=O)N2c3ccccc3CC2C)c1. The molecule has 0 aliphatic carbocycles. The summed E-state index contributed by atoms with van der Waals surface area (Å²) in [6, 6.07) is 13.7. The summed E-state index contributed by atoms with van der Waals surface area (Å²) in [5, 5.41) is 0. The fraction of sp³-hybridized carbons (Fsp3) is 0.250. The minimum atomic E-state index is -0.0303. The monoisotopic (exact) mass is 323 g/mol. The highest BCUT2D eigenvalue weighted by Crippen LogP contribution is 2.32. The van der Waals surface area contributed by atoms with E-state index in [9.17, 15) is 4.79 Å². The van der Waals surface area contributed by atoms with E-state index in [0.717, 1.165) is 23.4 Å². The molecule has 4 nitrogen and oxygen atoms in total. The molecule has 0 saturated carbocycles. The molecule has 0 N–H and O–H groups in total. The van der Waals surface area contributed by atoms with Crippen LogP contribution in [0.5, 0.6) is 11.5 Å². The van der Waals surface area contributed by atoms with Gasteiger partial charge in [0.05, 0.1) is 14.2 Å². The van der Waals surface area contributed by atoms with Gasteiger partial charge in [-0.05, 0) is 49.2 Å². The van der Waals surface area contributed by atoms with Gasteiger partial charge >= 0.3 is 0 Å². The maximum Gasteiger partial charge on any atom is 0.251 e. The molecule has 0 saturated heterocycles. The molecule has 0 fully saturated rings. The highest BCUT2D eigenvalue weighted by atomic mass is 16.5. The molecule has 2 aromatic carbocycles. The van der Waals surface area contributed by atoms with Gasteiger partial charge in [0.2, 0.25) is 0 Å². The molecule has 4 heteroatoms. The Hall–Kier alpha value is -2.75. The van der Waals surface area contributed by atoms with Crippen molar-refractivity contribution < 1.29 is 14.3 Å². The van der Waals surface area contributed by atoms with Gasteiger partial charge in [0, 0.05) is 23.4 Å². The first-order valence-corrected chi connectivity index (χ1v) is 7.95. The third-order valence-electron chi connectivity index (χ3n) is 4.29. The van der Waals surface area contributed by atoms with E-state index in [1.165, 1.54) is 5.56 Å². The topological polar surface area (TPSA) is 38.8 Å². The fourth-order valence-corrected chi connectivity index (χ4v) is 3.11. The fourth-order valence-electron chi connectivity index (χ4n) is 3.11. The van der Waals surface area contributed by atoms with Crippen molar-refractivity contribution in [2.24, 2.45) is 0 Å². The van der Waals surface area contributed by atoms with Crippen LogP contribution in [0.3, 0.4) is 0 Å². The lowest BCUT2D eigenvalue weighted by Gasteiger charge is -2.21. The molecule has 124 valence electrons. The molecule has 0 spiro atoms. The first-order valence-electron chi connectivity index (χ1n) is 7.95. The van der Waals surface area contributed by atoms with Gasteiger partial charge in [-0.3, -0.25) is 4.79 Å². The molecule has 1 atom stereocenters. The van der Waals surface area contributed by atoms with E-state index in [1.807, 2.05) is 41.3 Å². The Morgan fingerprint density at radius 3 is 2.71 bits per heavy atom. The van der Waals surface area contributed by atoms with Crippen molar-refractivity contribution in [3.05, 3.63) is 59.7 Å². The molecule has 24 heavy (non-hydrogen) atoms. The minimum Gasteiger partial charge on any atom is -0.497 e. The standard InChI is InChI=1S/C20H21NO3/c1-14-12-15-6-4-5-7-18(15)21(14)20(22)11-8-16-13-17(23-2)9-10-19(16)24-3/h4-11,13-14H,12H2,1-3H3/b11-8+. The first-order chi connectivity index (χ1) is 11.6. The summed E-state index contributed by atoms with van der Waals surface area (Å²) in [6.07, 6.45) is 4.26. The molecule has 1 heterocycles. The van der Waals surface area contributed by atoms with Gasteiger partial charge in [-0.25, -0.2) is 0 Å². The van der Waals surface area contributed by atoms with Gasteiger partial charge in [-0.2, -0.15) is 0 Å². The lowest BCUT2D eigenvalue weighted by atomic mass is 10.1. The zero-order chi connectivity index (χ0) is 17.1. The average Bonchev–Trinajstić information content (AvgIpc) is 2.95. The van der Waals surface area contributed by atoms with Crippen molar-refractivity contribution in [3.63, 3.8) is 0 Å². The maximum absolute atomic E-state index is 12.7. The number of ether oxygens (including phenoxy) is 2. The van der Waals surface area contributed by atoms with Crippen molar-refractivity contribution >= 4 is 17.7 Å². The summed E-state index contributed by atoms with van der Waals surface area (Å²) in [5.74, 6) is 1.40. The maximum atomic E-state index is 12.7. The molecular formula is C20H21NO3. The number of methoxy groups -OCH3 is 2. The van der Waals surface area contributed by atoms with E-state index >= 15 is 0 Å². The molecule has 1 unspecified atom stereocenters. The summed E-state index contributed by atoms with van der Waals surface area (Å²) >= 11 is 0. The second kappa shape index (κ2) is 6.79. The van der Waals surface area contributed by atoms with E-state index in [1.54, 1.807) is 26.4 Å². The van der Waals surface area contributed by atoms with Gasteiger partial charge in [-0.15, -0.1) is 0 Å². The van der Waals surface area contributed by atoms with Crippen LogP contribution in [0.1, 0.15) is 18.1 Å². The summed E-state index contributed by atoms with van der Waals surface area (Å²) in [4.78, 5) is 14.6. The largest absolute Gasteiger partial charge is 0.497 e. The Morgan fingerprint density at radius 2 is 1.96 bits per heavy atom. The number of fused-ring (bicyclic) bond motifs is 1. The second-order valence-electron chi connectivity index (χ2n) is 5.83. The Labute approximate surface area is 142 Å². The zero-order valence-electron chi connectivity index (χ0n) is 14.2. The lowest BCUT2D eigenvalue weighted by Crippen LogP contribution is -2.34. The van der Waals surface area contributed by atoms with E-state index in [4.69, 9.17) is 9.47 Å². The van der Waals surface area contributed by atoms with Gasteiger partial charge < -0.3 is 14.4 Å². The van der Waals surface area contributed by atoms with Crippen LogP contribution in [0.2, 0.25) is 0 Å². The van der Waals surface area contributed by atoms with Crippen LogP contribution in [0.4, 0.5) is 5.69 Å². The van der Waals surface area contributed by atoms with Crippen LogP contribution >= 0.6 is 0 Å².